The lowest BCUT2D eigenvalue weighted by atomic mass is 9.97. The van der Waals surface area contributed by atoms with Gasteiger partial charge in [0.2, 0.25) is 0 Å². The molecule has 0 saturated carbocycles. The minimum atomic E-state index is 0.770. The molecule has 7 aromatic carbocycles. The molecule has 0 fully saturated rings. The number of hydrogen-bond acceptors (Lipinski definition) is 3. The van der Waals surface area contributed by atoms with E-state index in [0.29, 0.717) is 0 Å². The van der Waals surface area contributed by atoms with Crippen molar-refractivity contribution in [2.75, 3.05) is 12.0 Å². The molecule has 0 bridgehead atoms. The van der Waals surface area contributed by atoms with Crippen molar-refractivity contribution in [1.29, 1.82) is 0 Å². The number of thiophene rings is 1. The van der Waals surface area contributed by atoms with Gasteiger partial charge in [-0.25, -0.2) is 0 Å². The number of ether oxygens (including phenoxy) is 1. The van der Waals surface area contributed by atoms with Gasteiger partial charge in [-0.15, -0.1) is 11.3 Å². The Bertz CT molecular complexity index is 2720. The number of nitrogens with zero attached hydrogens (tertiary/aromatic N) is 1. The van der Waals surface area contributed by atoms with Gasteiger partial charge in [-0.3, -0.25) is 0 Å². The van der Waals surface area contributed by atoms with Gasteiger partial charge in [-0.1, -0.05) is 159 Å². The van der Waals surface area contributed by atoms with Crippen LogP contribution in [0.2, 0.25) is 0 Å². The van der Waals surface area contributed by atoms with E-state index in [1.54, 1.807) is 7.11 Å². The van der Waals surface area contributed by atoms with Crippen molar-refractivity contribution >= 4 is 48.6 Å². The molecule has 3 heteroatoms. The van der Waals surface area contributed by atoms with Gasteiger partial charge in [0.25, 0.3) is 0 Å². The Kier molecular flexibility index (Phi) is 10.6. The highest BCUT2D eigenvalue weighted by atomic mass is 32.1. The molecule has 56 heavy (non-hydrogen) atoms. The van der Waals surface area contributed by atoms with E-state index >= 15 is 0 Å². The number of allylic oxidation sites excluding steroid dienone is 6. The molecule has 8 aromatic rings. The lowest BCUT2D eigenvalue weighted by Crippen LogP contribution is -2.10. The Morgan fingerprint density at radius 2 is 1.11 bits per heavy atom. The van der Waals surface area contributed by atoms with E-state index in [-0.39, 0.29) is 0 Å². The summed E-state index contributed by atoms with van der Waals surface area (Å²) in [6.45, 7) is 10.1. The van der Waals surface area contributed by atoms with E-state index < -0.39 is 0 Å². The van der Waals surface area contributed by atoms with Crippen LogP contribution in [0.4, 0.5) is 17.1 Å². The molecule has 0 aliphatic carbocycles. The third-order valence-electron chi connectivity index (χ3n) is 10.4. The van der Waals surface area contributed by atoms with E-state index in [0.717, 1.165) is 62.6 Å². The minimum absolute atomic E-state index is 0.770. The average molecular weight is 742 g/mol. The molecule has 0 amide bonds. The Labute approximate surface area is 334 Å². The average Bonchev–Trinajstić information content (AvgIpc) is 3.65. The molecule has 1 heterocycles. The smallest absolute Gasteiger partial charge is 0.134 e. The summed E-state index contributed by atoms with van der Waals surface area (Å²) in [7, 11) is 1.75. The fourth-order valence-electron chi connectivity index (χ4n) is 7.59. The van der Waals surface area contributed by atoms with Crippen LogP contribution < -0.4 is 9.64 Å². The maximum Gasteiger partial charge on any atom is 0.134 e. The molecule has 0 unspecified atom stereocenters. The molecule has 8 rings (SSSR count). The fourth-order valence-corrected chi connectivity index (χ4v) is 8.83. The van der Waals surface area contributed by atoms with E-state index in [2.05, 4.69) is 182 Å². The first-order valence-corrected chi connectivity index (χ1v) is 19.7. The molecule has 0 N–H and O–H groups in total. The second-order valence-electron chi connectivity index (χ2n) is 13.7. The Morgan fingerprint density at radius 1 is 0.571 bits per heavy atom. The number of methoxy groups -OCH3 is 1. The molecule has 272 valence electrons. The van der Waals surface area contributed by atoms with Crippen molar-refractivity contribution in [2.24, 2.45) is 0 Å². The van der Waals surface area contributed by atoms with Gasteiger partial charge in [0.15, 0.2) is 0 Å². The lowest BCUT2D eigenvalue weighted by Gasteiger charge is -2.26. The van der Waals surface area contributed by atoms with Crippen LogP contribution in [-0.2, 0) is 6.42 Å². The first-order chi connectivity index (χ1) is 27.6. The number of para-hydroxylation sites is 1. The van der Waals surface area contributed by atoms with Crippen LogP contribution >= 0.6 is 11.3 Å². The largest absolute Gasteiger partial charge is 0.495 e. The topological polar surface area (TPSA) is 12.5 Å². The van der Waals surface area contributed by atoms with Gasteiger partial charge in [0.1, 0.15) is 5.75 Å². The van der Waals surface area contributed by atoms with E-state index in [1.807, 2.05) is 42.6 Å². The molecule has 0 aliphatic rings. The summed E-state index contributed by atoms with van der Waals surface area (Å²) >= 11 is 1.86. The third-order valence-corrected chi connectivity index (χ3v) is 11.6. The highest BCUT2D eigenvalue weighted by Gasteiger charge is 2.17. The monoisotopic (exact) mass is 741 g/mol. The highest BCUT2D eigenvalue weighted by molar-refractivity contribution is 7.26. The summed E-state index contributed by atoms with van der Waals surface area (Å²) in [5, 5.41) is 2.62. The number of hydrogen-bond donors (Lipinski definition) is 0. The van der Waals surface area contributed by atoms with Crippen LogP contribution in [-0.4, -0.2) is 7.11 Å². The standard InChI is InChI=1S/C53H43NOS/c1-5-15-38(6-2)39(7-3)36-37-24-30-43(31-25-37)54(44-32-26-41(27-33-44)47-20-13-19-46(52(47)55-4)40-16-9-8-10-17-40)45-34-28-42(29-35-45)48-21-14-22-50-49-18-11-12-23-51(49)56-53(48)50/h5-35H,2-3,36H2,1,4H3/b15-5-,39-38-. The van der Waals surface area contributed by atoms with Crippen molar-refractivity contribution in [1.82, 2.24) is 0 Å². The molecule has 0 saturated heterocycles. The Balaban J connectivity index is 1.18. The van der Waals surface area contributed by atoms with Gasteiger partial charge in [-0.2, -0.15) is 0 Å². The molecule has 0 radical (unpaired) electrons. The molecule has 2 nitrogen and oxygen atoms in total. The van der Waals surface area contributed by atoms with Crippen LogP contribution in [0.15, 0.2) is 212 Å². The zero-order valence-electron chi connectivity index (χ0n) is 31.8. The molecular formula is C53H43NOS. The summed E-state index contributed by atoms with van der Waals surface area (Å²) < 4.78 is 8.68. The maximum atomic E-state index is 6.05. The summed E-state index contributed by atoms with van der Waals surface area (Å²) in [6.07, 6.45) is 8.73. The molecule has 1 aromatic heterocycles. The van der Waals surface area contributed by atoms with Crippen LogP contribution in [0.1, 0.15) is 12.5 Å². The molecule has 0 aliphatic heterocycles. The number of rotatable bonds is 12. The van der Waals surface area contributed by atoms with Crippen LogP contribution in [0.25, 0.3) is 53.6 Å². The van der Waals surface area contributed by atoms with Crippen molar-refractivity contribution < 1.29 is 4.74 Å². The predicted molar refractivity (Wildman–Crippen MR) is 243 cm³/mol. The molecular weight excluding hydrogens is 699 g/mol. The number of benzene rings is 7. The van der Waals surface area contributed by atoms with E-state index in [9.17, 15) is 0 Å². The number of fused-ring (bicyclic) bond motifs is 3. The van der Waals surface area contributed by atoms with Gasteiger partial charge in [0, 0.05) is 48.4 Å². The summed E-state index contributed by atoms with van der Waals surface area (Å²) in [5.74, 6) is 0.866. The Hall–Kier alpha value is -6.68. The second kappa shape index (κ2) is 16.4. The summed E-state index contributed by atoms with van der Waals surface area (Å²) in [5.41, 5.74) is 13.5. The van der Waals surface area contributed by atoms with Gasteiger partial charge in [-0.05, 0) is 94.8 Å². The summed E-state index contributed by atoms with van der Waals surface area (Å²) in [4.78, 5) is 2.33. The van der Waals surface area contributed by atoms with Crippen LogP contribution in [0, 0.1) is 0 Å². The van der Waals surface area contributed by atoms with E-state index in [4.69, 9.17) is 4.74 Å². The first-order valence-electron chi connectivity index (χ1n) is 18.9. The van der Waals surface area contributed by atoms with Crippen molar-refractivity contribution in [3.8, 4) is 39.1 Å². The summed E-state index contributed by atoms with van der Waals surface area (Å²) in [6, 6.07) is 58.7. The van der Waals surface area contributed by atoms with Crippen molar-refractivity contribution in [3.63, 3.8) is 0 Å². The fraction of sp³-hybridized carbons (Fsp3) is 0.0566. The molecule has 0 atom stereocenters. The lowest BCUT2D eigenvalue weighted by molar-refractivity contribution is 0.418. The second-order valence-corrected chi connectivity index (χ2v) is 14.7. The van der Waals surface area contributed by atoms with Crippen molar-refractivity contribution in [3.05, 3.63) is 218 Å². The van der Waals surface area contributed by atoms with Crippen LogP contribution in [0.3, 0.4) is 0 Å². The first kappa shape index (κ1) is 36.3. The highest BCUT2D eigenvalue weighted by Crippen LogP contribution is 2.43. The zero-order valence-corrected chi connectivity index (χ0v) is 32.6. The predicted octanol–water partition coefficient (Wildman–Crippen LogP) is 15.3. The SMILES string of the molecule is C=CC(/C=C\C)=C(\C=C)Cc1ccc(N(c2ccc(-c3cccc(-c4ccccc4)c3OC)cc2)c2ccc(-c3cccc4c3sc3ccccc34)cc2)cc1. The van der Waals surface area contributed by atoms with Gasteiger partial charge in [0.05, 0.1) is 7.11 Å². The normalized spacial score (nSPS) is 11.8. The quantitative estimate of drug-likeness (QED) is 0.116. The van der Waals surface area contributed by atoms with Gasteiger partial charge < -0.3 is 9.64 Å². The Morgan fingerprint density at radius 3 is 1.71 bits per heavy atom. The maximum absolute atomic E-state index is 6.05. The van der Waals surface area contributed by atoms with Gasteiger partial charge >= 0.3 is 0 Å². The minimum Gasteiger partial charge on any atom is -0.495 e. The number of anilines is 3. The third kappa shape index (κ3) is 7.13. The van der Waals surface area contributed by atoms with Crippen LogP contribution in [0.5, 0.6) is 5.75 Å². The zero-order chi connectivity index (χ0) is 38.4. The molecule has 0 spiro atoms. The van der Waals surface area contributed by atoms with Crippen molar-refractivity contribution in [2.45, 2.75) is 13.3 Å². The van der Waals surface area contributed by atoms with E-state index in [1.165, 1.54) is 36.9 Å².